The van der Waals surface area contributed by atoms with Gasteiger partial charge in [0, 0.05) is 7.05 Å². The molecule has 0 atom stereocenters. The molecule has 0 spiro atoms. The molecule has 0 aliphatic heterocycles. The Morgan fingerprint density at radius 1 is 1.21 bits per heavy atom. The maximum Gasteiger partial charge on any atom is 0.433 e. The summed E-state index contributed by atoms with van der Waals surface area (Å²) < 4.78 is 36.0. The van der Waals surface area contributed by atoms with Crippen molar-refractivity contribution in [2.75, 3.05) is 12.4 Å². The van der Waals surface area contributed by atoms with Crippen LogP contribution in [-0.2, 0) is 6.18 Å². The second kappa shape index (κ2) is 5.47. The van der Waals surface area contributed by atoms with Crippen LogP contribution in [0.15, 0.2) is 18.2 Å². The van der Waals surface area contributed by atoms with E-state index in [1.807, 2.05) is 13.8 Å². The molecule has 0 saturated carbocycles. The third-order valence-corrected chi connectivity index (χ3v) is 1.30. The zero-order valence-corrected chi connectivity index (χ0v) is 8.31. The largest absolute Gasteiger partial charge is 0.433 e. The second-order valence-corrected chi connectivity index (χ2v) is 2.16. The molecule has 0 saturated heterocycles. The van der Waals surface area contributed by atoms with Crippen LogP contribution in [0.3, 0.4) is 0 Å². The van der Waals surface area contributed by atoms with Gasteiger partial charge in [0.15, 0.2) is 0 Å². The summed E-state index contributed by atoms with van der Waals surface area (Å²) in [6.45, 7) is 4.00. The number of hydrogen-bond donors (Lipinski definition) is 1. The monoisotopic (exact) mass is 206 g/mol. The molecule has 0 fully saturated rings. The van der Waals surface area contributed by atoms with Crippen LogP contribution in [0.25, 0.3) is 0 Å². The van der Waals surface area contributed by atoms with Gasteiger partial charge in [0.25, 0.3) is 0 Å². The number of aromatic nitrogens is 1. The lowest BCUT2D eigenvalue weighted by molar-refractivity contribution is -0.141. The summed E-state index contributed by atoms with van der Waals surface area (Å²) in [6.07, 6.45) is -4.37. The zero-order valence-electron chi connectivity index (χ0n) is 8.31. The van der Waals surface area contributed by atoms with Crippen molar-refractivity contribution in [2.24, 2.45) is 0 Å². The molecule has 0 amide bonds. The topological polar surface area (TPSA) is 24.9 Å². The Bertz CT molecular complexity index is 271. The molecule has 2 nitrogen and oxygen atoms in total. The van der Waals surface area contributed by atoms with Gasteiger partial charge in [-0.25, -0.2) is 4.98 Å². The number of anilines is 1. The molecule has 1 heterocycles. The molecule has 1 rings (SSSR count). The fourth-order valence-corrected chi connectivity index (χ4v) is 0.732. The Morgan fingerprint density at radius 3 is 2.21 bits per heavy atom. The van der Waals surface area contributed by atoms with Crippen molar-refractivity contribution in [3.63, 3.8) is 0 Å². The highest BCUT2D eigenvalue weighted by Crippen LogP contribution is 2.27. The lowest BCUT2D eigenvalue weighted by atomic mass is 10.3. The normalized spacial score (nSPS) is 10.1. The van der Waals surface area contributed by atoms with Gasteiger partial charge in [-0.2, -0.15) is 13.2 Å². The van der Waals surface area contributed by atoms with Gasteiger partial charge in [-0.05, 0) is 12.1 Å². The molecule has 0 unspecified atom stereocenters. The van der Waals surface area contributed by atoms with Gasteiger partial charge in [0.1, 0.15) is 11.5 Å². The van der Waals surface area contributed by atoms with E-state index in [-0.39, 0.29) is 5.82 Å². The van der Waals surface area contributed by atoms with Crippen molar-refractivity contribution in [3.05, 3.63) is 23.9 Å². The van der Waals surface area contributed by atoms with Crippen molar-refractivity contribution in [2.45, 2.75) is 20.0 Å². The van der Waals surface area contributed by atoms with E-state index in [1.54, 1.807) is 0 Å². The number of alkyl halides is 3. The Labute approximate surface area is 81.2 Å². The summed E-state index contributed by atoms with van der Waals surface area (Å²) in [5.41, 5.74) is -0.880. The Morgan fingerprint density at radius 2 is 1.79 bits per heavy atom. The summed E-state index contributed by atoms with van der Waals surface area (Å²) in [4.78, 5) is 3.33. The van der Waals surface area contributed by atoms with Crippen molar-refractivity contribution in [1.82, 2.24) is 4.98 Å². The molecule has 0 radical (unpaired) electrons. The van der Waals surface area contributed by atoms with Crippen LogP contribution in [0.5, 0.6) is 0 Å². The summed E-state index contributed by atoms with van der Waals surface area (Å²) in [5.74, 6) is 0.213. The lowest BCUT2D eigenvalue weighted by Gasteiger charge is -2.06. The number of rotatable bonds is 1. The van der Waals surface area contributed by atoms with Crippen molar-refractivity contribution >= 4 is 5.82 Å². The molecule has 0 aliphatic carbocycles. The number of pyridine rings is 1. The van der Waals surface area contributed by atoms with Crippen LogP contribution in [0.2, 0.25) is 0 Å². The van der Waals surface area contributed by atoms with Gasteiger partial charge in [-0.3, -0.25) is 0 Å². The third-order valence-electron chi connectivity index (χ3n) is 1.30. The second-order valence-electron chi connectivity index (χ2n) is 2.16. The first kappa shape index (κ1) is 12.7. The summed E-state index contributed by atoms with van der Waals surface area (Å²) >= 11 is 0. The van der Waals surface area contributed by atoms with Crippen molar-refractivity contribution < 1.29 is 13.2 Å². The first-order valence-electron chi connectivity index (χ1n) is 4.26. The van der Waals surface area contributed by atoms with Crippen LogP contribution in [0.1, 0.15) is 19.5 Å². The summed E-state index contributed by atoms with van der Waals surface area (Å²) in [7, 11) is 1.52. The van der Waals surface area contributed by atoms with Crippen molar-refractivity contribution in [3.8, 4) is 0 Å². The Kier molecular flexibility index (Phi) is 4.97. The minimum atomic E-state index is -4.37. The van der Waals surface area contributed by atoms with E-state index >= 15 is 0 Å². The average molecular weight is 206 g/mol. The molecule has 0 aromatic carbocycles. The predicted octanol–water partition coefficient (Wildman–Crippen LogP) is 3.17. The highest BCUT2D eigenvalue weighted by atomic mass is 19.4. The van der Waals surface area contributed by atoms with Gasteiger partial charge >= 0.3 is 6.18 Å². The molecule has 1 aromatic heterocycles. The molecule has 80 valence electrons. The fraction of sp³-hybridized carbons (Fsp3) is 0.444. The highest BCUT2D eigenvalue weighted by Gasteiger charge is 2.32. The van der Waals surface area contributed by atoms with Crippen LogP contribution >= 0.6 is 0 Å². The molecule has 0 bridgehead atoms. The van der Waals surface area contributed by atoms with Gasteiger partial charge < -0.3 is 5.32 Å². The number of nitrogens with zero attached hydrogens (tertiary/aromatic N) is 1. The van der Waals surface area contributed by atoms with Gasteiger partial charge in [-0.1, -0.05) is 19.9 Å². The minimum Gasteiger partial charge on any atom is -0.373 e. The number of nitrogens with one attached hydrogen (secondary N) is 1. The molecule has 1 aromatic rings. The summed E-state index contributed by atoms with van der Waals surface area (Å²) in [6, 6.07) is 3.71. The van der Waals surface area contributed by atoms with E-state index in [2.05, 4.69) is 10.3 Å². The van der Waals surface area contributed by atoms with E-state index in [9.17, 15) is 13.2 Å². The van der Waals surface area contributed by atoms with Crippen LogP contribution in [0, 0.1) is 0 Å². The fourth-order valence-electron chi connectivity index (χ4n) is 0.732. The minimum absolute atomic E-state index is 0.213. The highest BCUT2D eigenvalue weighted by molar-refractivity contribution is 5.34. The van der Waals surface area contributed by atoms with E-state index in [1.165, 1.54) is 19.2 Å². The quantitative estimate of drug-likeness (QED) is 0.763. The van der Waals surface area contributed by atoms with Crippen LogP contribution < -0.4 is 5.32 Å². The molecule has 14 heavy (non-hydrogen) atoms. The van der Waals surface area contributed by atoms with Crippen LogP contribution in [-0.4, -0.2) is 12.0 Å². The molecule has 0 aliphatic rings. The standard InChI is InChI=1S/C7H7F3N2.C2H6/c1-11-6-4-2-3-5(12-6)7(8,9)10;1-2/h2-4H,1H3,(H,11,12);1-2H3. The third kappa shape index (κ3) is 3.64. The first-order valence-corrected chi connectivity index (χ1v) is 4.26. The molecular formula is C9H13F3N2. The van der Waals surface area contributed by atoms with E-state index in [4.69, 9.17) is 0 Å². The smallest absolute Gasteiger partial charge is 0.373 e. The van der Waals surface area contributed by atoms with E-state index < -0.39 is 11.9 Å². The average Bonchev–Trinajstić information content (AvgIpc) is 2.20. The zero-order chi connectivity index (χ0) is 11.2. The van der Waals surface area contributed by atoms with Crippen molar-refractivity contribution in [1.29, 1.82) is 0 Å². The number of halogens is 3. The van der Waals surface area contributed by atoms with Crippen LogP contribution in [0.4, 0.5) is 19.0 Å². The van der Waals surface area contributed by atoms with E-state index in [0.717, 1.165) is 6.07 Å². The van der Waals surface area contributed by atoms with Gasteiger partial charge in [0.2, 0.25) is 0 Å². The maximum atomic E-state index is 12.0. The Balaban J connectivity index is 0.000000791. The van der Waals surface area contributed by atoms with Gasteiger partial charge in [-0.15, -0.1) is 0 Å². The lowest BCUT2D eigenvalue weighted by Crippen LogP contribution is -2.08. The maximum absolute atomic E-state index is 12.0. The van der Waals surface area contributed by atoms with Gasteiger partial charge in [0.05, 0.1) is 0 Å². The van der Waals surface area contributed by atoms with E-state index in [0.29, 0.717) is 0 Å². The summed E-state index contributed by atoms with van der Waals surface area (Å²) in [5, 5.41) is 2.53. The predicted molar refractivity (Wildman–Crippen MR) is 50.1 cm³/mol. The molecular weight excluding hydrogens is 193 g/mol. The first-order chi connectivity index (χ1) is 6.54. The molecule has 1 N–H and O–H groups in total. The SMILES string of the molecule is CC.CNc1cccc(C(F)(F)F)n1. The number of hydrogen-bond acceptors (Lipinski definition) is 2. The Hall–Kier alpha value is -1.26. The molecule has 5 heteroatoms.